The molecule has 0 radical (unpaired) electrons. The summed E-state index contributed by atoms with van der Waals surface area (Å²) in [7, 11) is 0. The number of hydrogen-bond donors (Lipinski definition) is 1. The molecule has 0 spiro atoms. The molecule has 100 valence electrons. The number of hydrogen-bond acceptors (Lipinski definition) is 1. The van der Waals surface area contributed by atoms with Crippen molar-refractivity contribution in [1.29, 1.82) is 0 Å². The molecule has 0 unspecified atom stereocenters. The molecular formula is C17H27N. The van der Waals surface area contributed by atoms with Gasteiger partial charge in [0.15, 0.2) is 0 Å². The van der Waals surface area contributed by atoms with Crippen LogP contribution in [-0.2, 0) is 6.42 Å². The van der Waals surface area contributed by atoms with Gasteiger partial charge in [0, 0.05) is 6.04 Å². The SMILES string of the molecule is C[C@@H](NCCCCc1ccccc1)C1CCCC1. The zero-order valence-corrected chi connectivity index (χ0v) is 11.7. The van der Waals surface area contributed by atoms with E-state index in [1.807, 2.05) is 0 Å². The summed E-state index contributed by atoms with van der Waals surface area (Å²) in [5.74, 6) is 0.944. The average molecular weight is 245 g/mol. The van der Waals surface area contributed by atoms with Crippen LogP contribution in [0, 0.1) is 5.92 Å². The quantitative estimate of drug-likeness (QED) is 0.711. The topological polar surface area (TPSA) is 12.0 Å². The Balaban J connectivity index is 1.53. The molecule has 1 heteroatoms. The average Bonchev–Trinajstić information content (AvgIpc) is 2.93. The summed E-state index contributed by atoms with van der Waals surface area (Å²) < 4.78 is 0. The van der Waals surface area contributed by atoms with E-state index in [0.29, 0.717) is 0 Å². The van der Waals surface area contributed by atoms with E-state index in [0.717, 1.165) is 12.0 Å². The normalized spacial score (nSPS) is 18.1. The summed E-state index contributed by atoms with van der Waals surface area (Å²) in [6, 6.07) is 11.5. The molecule has 0 bridgehead atoms. The Bertz CT molecular complexity index is 314. The van der Waals surface area contributed by atoms with Crippen molar-refractivity contribution in [3.8, 4) is 0 Å². The first-order valence-corrected chi connectivity index (χ1v) is 7.63. The van der Waals surface area contributed by atoms with Crippen LogP contribution < -0.4 is 5.32 Å². The van der Waals surface area contributed by atoms with E-state index in [9.17, 15) is 0 Å². The summed E-state index contributed by atoms with van der Waals surface area (Å²) in [5.41, 5.74) is 1.47. The van der Waals surface area contributed by atoms with E-state index >= 15 is 0 Å². The molecule has 2 rings (SSSR count). The van der Waals surface area contributed by atoms with Gasteiger partial charge in [-0.2, -0.15) is 0 Å². The van der Waals surface area contributed by atoms with Gasteiger partial charge >= 0.3 is 0 Å². The molecule has 1 N–H and O–H groups in total. The first-order chi connectivity index (χ1) is 8.86. The standard InChI is InChI=1S/C17H27N/c1-15(17-12-5-6-13-17)18-14-8-7-11-16-9-3-2-4-10-16/h2-4,9-10,15,17-18H,5-8,11-14H2,1H3/t15-/m1/s1. The Hall–Kier alpha value is -0.820. The Morgan fingerprint density at radius 1 is 1.11 bits per heavy atom. The molecule has 0 heterocycles. The van der Waals surface area contributed by atoms with Gasteiger partial charge in [-0.25, -0.2) is 0 Å². The molecule has 1 nitrogen and oxygen atoms in total. The van der Waals surface area contributed by atoms with E-state index in [2.05, 4.69) is 42.6 Å². The van der Waals surface area contributed by atoms with Crippen molar-refractivity contribution in [2.75, 3.05) is 6.54 Å². The second-order valence-electron chi connectivity index (χ2n) is 5.73. The molecule has 1 aliphatic carbocycles. The van der Waals surface area contributed by atoms with Crippen molar-refractivity contribution in [3.63, 3.8) is 0 Å². The van der Waals surface area contributed by atoms with Gasteiger partial charge in [0.05, 0.1) is 0 Å². The van der Waals surface area contributed by atoms with Crippen LogP contribution in [0.15, 0.2) is 30.3 Å². The highest BCUT2D eigenvalue weighted by molar-refractivity contribution is 5.14. The van der Waals surface area contributed by atoms with Gasteiger partial charge in [0.25, 0.3) is 0 Å². The molecule has 18 heavy (non-hydrogen) atoms. The fourth-order valence-electron chi connectivity index (χ4n) is 3.05. The largest absolute Gasteiger partial charge is 0.314 e. The Kier molecular flexibility index (Phi) is 5.73. The highest BCUT2D eigenvalue weighted by Gasteiger charge is 2.20. The lowest BCUT2D eigenvalue weighted by Gasteiger charge is -2.20. The zero-order chi connectivity index (χ0) is 12.6. The molecule has 1 saturated carbocycles. The molecule has 1 aromatic carbocycles. The van der Waals surface area contributed by atoms with E-state index in [1.165, 1.54) is 57.1 Å². The third kappa shape index (κ3) is 4.45. The van der Waals surface area contributed by atoms with Gasteiger partial charge in [-0.15, -0.1) is 0 Å². The van der Waals surface area contributed by atoms with Crippen LogP contribution in [0.25, 0.3) is 0 Å². The van der Waals surface area contributed by atoms with Crippen molar-refractivity contribution < 1.29 is 0 Å². The minimum absolute atomic E-state index is 0.726. The van der Waals surface area contributed by atoms with Gasteiger partial charge in [-0.3, -0.25) is 0 Å². The van der Waals surface area contributed by atoms with Gasteiger partial charge in [-0.1, -0.05) is 43.2 Å². The predicted molar refractivity (Wildman–Crippen MR) is 78.8 cm³/mol. The lowest BCUT2D eigenvalue weighted by molar-refractivity contribution is 0.379. The minimum atomic E-state index is 0.726. The predicted octanol–water partition coefficient (Wildman–Crippen LogP) is 4.18. The molecule has 1 aromatic rings. The maximum atomic E-state index is 3.71. The van der Waals surface area contributed by atoms with Crippen molar-refractivity contribution in [3.05, 3.63) is 35.9 Å². The van der Waals surface area contributed by atoms with Crippen molar-refractivity contribution >= 4 is 0 Å². The van der Waals surface area contributed by atoms with Gasteiger partial charge in [0.2, 0.25) is 0 Å². The van der Waals surface area contributed by atoms with Crippen molar-refractivity contribution in [1.82, 2.24) is 5.32 Å². The molecule has 0 aromatic heterocycles. The molecule has 0 aliphatic heterocycles. The Labute approximate surface area is 112 Å². The van der Waals surface area contributed by atoms with Crippen LogP contribution in [-0.4, -0.2) is 12.6 Å². The summed E-state index contributed by atoms with van der Waals surface area (Å²) >= 11 is 0. The highest BCUT2D eigenvalue weighted by Crippen LogP contribution is 2.27. The molecular weight excluding hydrogens is 218 g/mol. The van der Waals surface area contributed by atoms with Crippen LogP contribution in [0.1, 0.15) is 51.0 Å². The van der Waals surface area contributed by atoms with E-state index in [-0.39, 0.29) is 0 Å². The lowest BCUT2D eigenvalue weighted by atomic mass is 9.99. The molecule has 1 fully saturated rings. The smallest absolute Gasteiger partial charge is 0.00669 e. The monoisotopic (exact) mass is 245 g/mol. The van der Waals surface area contributed by atoms with Crippen LogP contribution in [0.2, 0.25) is 0 Å². The number of unbranched alkanes of at least 4 members (excludes halogenated alkanes) is 1. The van der Waals surface area contributed by atoms with E-state index in [1.54, 1.807) is 0 Å². The molecule has 0 amide bonds. The second-order valence-corrected chi connectivity index (χ2v) is 5.73. The van der Waals surface area contributed by atoms with E-state index < -0.39 is 0 Å². The maximum Gasteiger partial charge on any atom is 0.00669 e. The first-order valence-electron chi connectivity index (χ1n) is 7.63. The number of rotatable bonds is 7. The van der Waals surface area contributed by atoms with Crippen LogP contribution in [0.4, 0.5) is 0 Å². The number of aryl methyl sites for hydroxylation is 1. The van der Waals surface area contributed by atoms with Crippen LogP contribution in [0.3, 0.4) is 0 Å². The fraction of sp³-hybridized carbons (Fsp3) is 0.647. The van der Waals surface area contributed by atoms with E-state index in [4.69, 9.17) is 0 Å². The van der Waals surface area contributed by atoms with Gasteiger partial charge < -0.3 is 5.32 Å². The highest BCUT2D eigenvalue weighted by atomic mass is 14.9. The summed E-state index contributed by atoms with van der Waals surface area (Å²) in [6.45, 7) is 3.55. The minimum Gasteiger partial charge on any atom is -0.314 e. The van der Waals surface area contributed by atoms with Crippen molar-refractivity contribution in [2.45, 2.75) is 57.9 Å². The molecule has 1 aliphatic rings. The van der Waals surface area contributed by atoms with Crippen molar-refractivity contribution in [2.24, 2.45) is 5.92 Å². The molecule has 1 atom stereocenters. The first kappa shape index (κ1) is 13.6. The van der Waals surface area contributed by atoms with Gasteiger partial charge in [-0.05, 0) is 57.1 Å². The van der Waals surface area contributed by atoms with Crippen LogP contribution in [0.5, 0.6) is 0 Å². The number of nitrogens with one attached hydrogen (secondary N) is 1. The van der Waals surface area contributed by atoms with Gasteiger partial charge in [0.1, 0.15) is 0 Å². The van der Waals surface area contributed by atoms with Crippen LogP contribution >= 0.6 is 0 Å². The summed E-state index contributed by atoms with van der Waals surface area (Å²) in [4.78, 5) is 0. The second kappa shape index (κ2) is 7.58. The fourth-order valence-corrected chi connectivity index (χ4v) is 3.05. The maximum absolute atomic E-state index is 3.71. The number of benzene rings is 1. The molecule has 0 saturated heterocycles. The zero-order valence-electron chi connectivity index (χ0n) is 11.7. The third-order valence-corrected chi connectivity index (χ3v) is 4.31. The summed E-state index contributed by atoms with van der Waals surface area (Å²) in [6.07, 6.45) is 9.60. The summed E-state index contributed by atoms with van der Waals surface area (Å²) in [5, 5.41) is 3.71. The third-order valence-electron chi connectivity index (χ3n) is 4.31. The Morgan fingerprint density at radius 3 is 2.56 bits per heavy atom. The lowest BCUT2D eigenvalue weighted by Crippen LogP contribution is -2.32. The Morgan fingerprint density at radius 2 is 1.83 bits per heavy atom.